The Morgan fingerprint density at radius 1 is 1.10 bits per heavy atom. The average Bonchev–Trinajstić information content (AvgIpc) is 2.46. The molecule has 0 radical (unpaired) electrons. The number of nitrogens with one attached hydrogen (secondary N) is 1. The summed E-state index contributed by atoms with van der Waals surface area (Å²) in [7, 11) is 0. The molecule has 0 aliphatic heterocycles. The molecule has 4 heteroatoms. The molecule has 0 heterocycles. The molecule has 0 saturated heterocycles. The highest BCUT2D eigenvalue weighted by Gasteiger charge is 2.06. The summed E-state index contributed by atoms with van der Waals surface area (Å²) in [5, 5.41) is 12.2. The van der Waals surface area contributed by atoms with Crippen molar-refractivity contribution in [3.05, 3.63) is 23.8 Å². The molecule has 0 aromatic heterocycles. The molecule has 0 bridgehead atoms. The number of benzene rings is 1. The molecule has 0 unspecified atom stereocenters. The fourth-order valence-corrected chi connectivity index (χ4v) is 1.94. The molecule has 0 spiro atoms. The van der Waals surface area contributed by atoms with Crippen molar-refractivity contribution in [2.24, 2.45) is 0 Å². The highest BCUT2D eigenvalue weighted by molar-refractivity contribution is 5.43. The minimum Gasteiger partial charge on any atom is -0.490 e. The van der Waals surface area contributed by atoms with E-state index < -0.39 is 0 Å². The highest BCUT2D eigenvalue weighted by atomic mass is 16.5. The first-order valence-corrected chi connectivity index (χ1v) is 7.51. The molecule has 0 aliphatic carbocycles. The van der Waals surface area contributed by atoms with Gasteiger partial charge in [-0.1, -0.05) is 25.8 Å². The molecule has 20 heavy (non-hydrogen) atoms. The van der Waals surface area contributed by atoms with Gasteiger partial charge in [0, 0.05) is 6.54 Å². The van der Waals surface area contributed by atoms with Crippen LogP contribution in [-0.4, -0.2) is 31.5 Å². The second-order valence-corrected chi connectivity index (χ2v) is 4.67. The molecule has 1 rings (SSSR count). The van der Waals surface area contributed by atoms with Gasteiger partial charge in [0.2, 0.25) is 0 Å². The third-order valence-corrected chi connectivity index (χ3v) is 2.94. The molecule has 2 N–H and O–H groups in total. The van der Waals surface area contributed by atoms with Crippen LogP contribution < -0.4 is 14.8 Å². The molecular formula is C16H27NO3. The largest absolute Gasteiger partial charge is 0.490 e. The van der Waals surface area contributed by atoms with Crippen molar-refractivity contribution in [3.8, 4) is 11.5 Å². The lowest BCUT2D eigenvalue weighted by Crippen LogP contribution is -2.14. The molecule has 4 nitrogen and oxygen atoms in total. The van der Waals surface area contributed by atoms with E-state index in [0.29, 0.717) is 12.4 Å². The number of rotatable bonds is 11. The van der Waals surface area contributed by atoms with E-state index in [9.17, 15) is 0 Å². The second kappa shape index (κ2) is 10.5. The zero-order valence-electron chi connectivity index (χ0n) is 12.7. The van der Waals surface area contributed by atoms with Crippen molar-refractivity contribution in [1.82, 2.24) is 5.32 Å². The molecule has 0 atom stereocenters. The monoisotopic (exact) mass is 281 g/mol. The van der Waals surface area contributed by atoms with Crippen LogP contribution in [0.5, 0.6) is 11.5 Å². The highest BCUT2D eigenvalue weighted by Crippen LogP contribution is 2.28. The maximum Gasteiger partial charge on any atom is 0.161 e. The zero-order chi connectivity index (χ0) is 14.6. The van der Waals surface area contributed by atoms with Crippen molar-refractivity contribution < 1.29 is 14.6 Å². The molecule has 114 valence electrons. The molecule has 0 aliphatic rings. The standard InChI is InChI=1S/C16H27NO3/c1-3-5-6-9-17-13-14-7-8-15(20-11-10-18)16(12-14)19-4-2/h7-8,12,17-18H,3-6,9-11,13H2,1-2H3. The Balaban J connectivity index is 2.52. The molecule has 0 amide bonds. The van der Waals surface area contributed by atoms with Crippen molar-refractivity contribution >= 4 is 0 Å². The van der Waals surface area contributed by atoms with Gasteiger partial charge in [-0.15, -0.1) is 0 Å². The van der Waals surface area contributed by atoms with Crippen LogP contribution in [0, 0.1) is 0 Å². The van der Waals surface area contributed by atoms with Crippen LogP contribution in [0.2, 0.25) is 0 Å². The van der Waals surface area contributed by atoms with E-state index >= 15 is 0 Å². The fraction of sp³-hybridized carbons (Fsp3) is 0.625. The van der Waals surface area contributed by atoms with Gasteiger partial charge in [-0.05, 0) is 37.6 Å². The Hall–Kier alpha value is -1.26. The first-order chi connectivity index (χ1) is 9.81. The van der Waals surface area contributed by atoms with Crippen LogP contribution in [0.15, 0.2) is 18.2 Å². The van der Waals surface area contributed by atoms with Crippen molar-refractivity contribution in [3.63, 3.8) is 0 Å². The van der Waals surface area contributed by atoms with Gasteiger partial charge in [-0.25, -0.2) is 0 Å². The summed E-state index contributed by atoms with van der Waals surface area (Å²) in [5.41, 5.74) is 1.18. The lowest BCUT2D eigenvalue weighted by molar-refractivity contribution is 0.194. The predicted molar refractivity (Wildman–Crippen MR) is 81.4 cm³/mol. The molecule has 0 saturated carbocycles. The van der Waals surface area contributed by atoms with Crippen LogP contribution in [0.3, 0.4) is 0 Å². The normalized spacial score (nSPS) is 10.6. The van der Waals surface area contributed by atoms with E-state index in [1.165, 1.54) is 24.8 Å². The van der Waals surface area contributed by atoms with Gasteiger partial charge >= 0.3 is 0 Å². The Kier molecular flexibility index (Phi) is 8.83. The summed E-state index contributed by atoms with van der Waals surface area (Å²) in [6, 6.07) is 5.94. The lowest BCUT2D eigenvalue weighted by Gasteiger charge is -2.13. The van der Waals surface area contributed by atoms with Crippen LogP contribution >= 0.6 is 0 Å². The number of unbranched alkanes of at least 4 members (excludes halogenated alkanes) is 2. The third-order valence-electron chi connectivity index (χ3n) is 2.94. The van der Waals surface area contributed by atoms with Gasteiger partial charge < -0.3 is 19.9 Å². The van der Waals surface area contributed by atoms with Crippen LogP contribution in [0.1, 0.15) is 38.7 Å². The first kappa shape index (κ1) is 16.8. The molecule has 1 aromatic rings. The lowest BCUT2D eigenvalue weighted by atomic mass is 10.2. The summed E-state index contributed by atoms with van der Waals surface area (Å²) >= 11 is 0. The van der Waals surface area contributed by atoms with Gasteiger partial charge in [-0.3, -0.25) is 0 Å². The van der Waals surface area contributed by atoms with Gasteiger partial charge in [0.1, 0.15) is 6.61 Å². The maximum absolute atomic E-state index is 8.81. The Morgan fingerprint density at radius 3 is 2.65 bits per heavy atom. The van der Waals surface area contributed by atoms with E-state index in [2.05, 4.69) is 12.2 Å². The quantitative estimate of drug-likeness (QED) is 0.612. The Morgan fingerprint density at radius 2 is 1.95 bits per heavy atom. The average molecular weight is 281 g/mol. The van der Waals surface area contributed by atoms with E-state index in [4.69, 9.17) is 14.6 Å². The minimum atomic E-state index is 0.00625. The van der Waals surface area contributed by atoms with E-state index in [1.807, 2.05) is 25.1 Å². The van der Waals surface area contributed by atoms with Crippen molar-refractivity contribution in [2.45, 2.75) is 39.7 Å². The van der Waals surface area contributed by atoms with Gasteiger partial charge in [0.15, 0.2) is 11.5 Å². The molecule has 1 aromatic carbocycles. The van der Waals surface area contributed by atoms with Crippen LogP contribution in [0.4, 0.5) is 0 Å². The van der Waals surface area contributed by atoms with Gasteiger partial charge in [-0.2, -0.15) is 0 Å². The number of aliphatic hydroxyl groups excluding tert-OH is 1. The summed E-state index contributed by atoms with van der Waals surface area (Å²) in [5.74, 6) is 1.43. The number of hydrogen-bond donors (Lipinski definition) is 2. The second-order valence-electron chi connectivity index (χ2n) is 4.67. The number of hydrogen-bond acceptors (Lipinski definition) is 4. The van der Waals surface area contributed by atoms with Crippen LogP contribution in [0.25, 0.3) is 0 Å². The molecular weight excluding hydrogens is 254 g/mol. The van der Waals surface area contributed by atoms with Crippen LogP contribution in [-0.2, 0) is 6.54 Å². The summed E-state index contributed by atoms with van der Waals surface area (Å²) < 4.78 is 11.0. The number of ether oxygens (including phenoxy) is 2. The Labute approximate surface area is 122 Å². The Bertz CT molecular complexity index is 369. The SMILES string of the molecule is CCCCCNCc1ccc(OCCO)c(OCC)c1. The van der Waals surface area contributed by atoms with E-state index in [0.717, 1.165) is 18.8 Å². The van der Waals surface area contributed by atoms with Gasteiger partial charge in [0.25, 0.3) is 0 Å². The smallest absolute Gasteiger partial charge is 0.161 e. The van der Waals surface area contributed by atoms with E-state index in [-0.39, 0.29) is 13.2 Å². The maximum atomic E-state index is 8.81. The topological polar surface area (TPSA) is 50.7 Å². The van der Waals surface area contributed by atoms with Gasteiger partial charge in [0.05, 0.1) is 13.2 Å². The number of aliphatic hydroxyl groups is 1. The van der Waals surface area contributed by atoms with E-state index in [1.54, 1.807) is 0 Å². The fourth-order valence-electron chi connectivity index (χ4n) is 1.94. The minimum absolute atomic E-state index is 0.00625. The third kappa shape index (κ3) is 6.26. The molecule has 0 fully saturated rings. The zero-order valence-corrected chi connectivity index (χ0v) is 12.7. The summed E-state index contributed by atoms with van der Waals surface area (Å²) in [6.45, 7) is 6.93. The summed E-state index contributed by atoms with van der Waals surface area (Å²) in [4.78, 5) is 0. The predicted octanol–water partition coefficient (Wildman–Crippen LogP) is 2.74. The first-order valence-electron chi connectivity index (χ1n) is 7.51. The van der Waals surface area contributed by atoms with Crippen molar-refractivity contribution in [2.75, 3.05) is 26.4 Å². The summed E-state index contributed by atoms with van der Waals surface area (Å²) in [6.07, 6.45) is 3.73. The van der Waals surface area contributed by atoms with Crippen molar-refractivity contribution in [1.29, 1.82) is 0 Å².